The third-order valence-corrected chi connectivity index (χ3v) is 3.79. The fourth-order valence-electron chi connectivity index (χ4n) is 2.41. The second-order valence-corrected chi connectivity index (χ2v) is 5.20. The SMILES string of the molecule is CCOC1CCN(C(=O)N(CC(=O)O)C(C)CC)CC1. The Morgan fingerprint density at radius 1 is 1.35 bits per heavy atom. The van der Waals surface area contributed by atoms with Crippen LogP contribution in [0.4, 0.5) is 4.79 Å². The van der Waals surface area contributed by atoms with Gasteiger partial charge in [0.2, 0.25) is 0 Å². The van der Waals surface area contributed by atoms with E-state index in [0.717, 1.165) is 19.3 Å². The van der Waals surface area contributed by atoms with Crippen LogP contribution in [0.2, 0.25) is 0 Å². The van der Waals surface area contributed by atoms with E-state index in [1.165, 1.54) is 4.90 Å². The van der Waals surface area contributed by atoms with Crippen LogP contribution >= 0.6 is 0 Å². The summed E-state index contributed by atoms with van der Waals surface area (Å²) in [5, 5.41) is 8.96. The predicted molar refractivity (Wildman–Crippen MR) is 75.7 cm³/mol. The number of carbonyl (C=O) groups excluding carboxylic acids is 1. The number of nitrogens with zero attached hydrogens (tertiary/aromatic N) is 2. The zero-order valence-corrected chi connectivity index (χ0v) is 12.7. The highest BCUT2D eigenvalue weighted by atomic mass is 16.5. The smallest absolute Gasteiger partial charge is 0.323 e. The Balaban J connectivity index is 2.59. The van der Waals surface area contributed by atoms with Crippen molar-refractivity contribution in [2.75, 3.05) is 26.2 Å². The van der Waals surface area contributed by atoms with E-state index in [1.807, 2.05) is 20.8 Å². The zero-order chi connectivity index (χ0) is 15.1. The van der Waals surface area contributed by atoms with Crippen molar-refractivity contribution in [3.8, 4) is 0 Å². The van der Waals surface area contributed by atoms with Gasteiger partial charge in [-0.15, -0.1) is 0 Å². The number of urea groups is 1. The van der Waals surface area contributed by atoms with E-state index in [1.54, 1.807) is 4.90 Å². The molecule has 1 N–H and O–H groups in total. The van der Waals surface area contributed by atoms with Crippen LogP contribution in [0, 0.1) is 0 Å². The largest absolute Gasteiger partial charge is 0.480 e. The topological polar surface area (TPSA) is 70.1 Å². The Bertz CT molecular complexity index is 327. The molecule has 6 heteroatoms. The number of likely N-dealkylation sites (tertiary alicyclic amines) is 1. The van der Waals surface area contributed by atoms with E-state index >= 15 is 0 Å². The minimum atomic E-state index is -0.970. The number of hydrogen-bond acceptors (Lipinski definition) is 3. The van der Waals surface area contributed by atoms with Gasteiger partial charge in [-0.25, -0.2) is 4.79 Å². The molecule has 0 saturated carbocycles. The number of ether oxygens (including phenoxy) is 1. The van der Waals surface area contributed by atoms with E-state index in [-0.39, 0.29) is 24.7 Å². The van der Waals surface area contributed by atoms with Crippen LogP contribution in [-0.4, -0.2) is 65.3 Å². The molecular weight excluding hydrogens is 260 g/mol. The Hall–Kier alpha value is -1.30. The highest BCUT2D eigenvalue weighted by Gasteiger charge is 2.29. The molecule has 1 fully saturated rings. The van der Waals surface area contributed by atoms with Gasteiger partial charge in [-0.2, -0.15) is 0 Å². The lowest BCUT2D eigenvalue weighted by Crippen LogP contribution is -2.52. The molecule has 116 valence electrons. The molecule has 1 rings (SSSR count). The first-order chi connectivity index (χ1) is 9.49. The number of aliphatic carboxylic acids is 1. The molecule has 1 atom stereocenters. The summed E-state index contributed by atoms with van der Waals surface area (Å²) in [5.41, 5.74) is 0. The molecule has 0 aromatic rings. The quantitative estimate of drug-likeness (QED) is 0.808. The van der Waals surface area contributed by atoms with E-state index in [0.29, 0.717) is 19.7 Å². The van der Waals surface area contributed by atoms with Crippen molar-refractivity contribution in [1.82, 2.24) is 9.80 Å². The minimum absolute atomic E-state index is 0.0665. The summed E-state index contributed by atoms with van der Waals surface area (Å²) in [5.74, 6) is -0.970. The van der Waals surface area contributed by atoms with Crippen LogP contribution in [0.5, 0.6) is 0 Å². The molecule has 1 saturated heterocycles. The third-order valence-electron chi connectivity index (χ3n) is 3.79. The van der Waals surface area contributed by atoms with E-state index in [9.17, 15) is 9.59 Å². The maximum Gasteiger partial charge on any atom is 0.323 e. The summed E-state index contributed by atoms with van der Waals surface area (Å²) in [6.45, 7) is 7.53. The normalized spacial score (nSPS) is 17.9. The summed E-state index contributed by atoms with van der Waals surface area (Å²) >= 11 is 0. The van der Waals surface area contributed by atoms with Gasteiger partial charge in [0.1, 0.15) is 6.54 Å². The fourth-order valence-corrected chi connectivity index (χ4v) is 2.41. The molecule has 1 heterocycles. The van der Waals surface area contributed by atoms with Crippen LogP contribution in [0.3, 0.4) is 0 Å². The van der Waals surface area contributed by atoms with Gasteiger partial charge in [-0.05, 0) is 33.1 Å². The average Bonchev–Trinajstić information content (AvgIpc) is 2.44. The number of carboxylic acids is 1. The van der Waals surface area contributed by atoms with Crippen molar-refractivity contribution in [3.05, 3.63) is 0 Å². The van der Waals surface area contributed by atoms with Gasteiger partial charge in [0, 0.05) is 25.7 Å². The monoisotopic (exact) mass is 286 g/mol. The average molecular weight is 286 g/mol. The van der Waals surface area contributed by atoms with Crippen LogP contribution < -0.4 is 0 Å². The lowest BCUT2D eigenvalue weighted by atomic mass is 10.1. The molecule has 0 bridgehead atoms. The molecular formula is C14H26N2O4. The third kappa shape index (κ3) is 4.67. The number of amides is 2. The van der Waals surface area contributed by atoms with Gasteiger partial charge in [0.25, 0.3) is 0 Å². The van der Waals surface area contributed by atoms with Crippen LogP contribution in [0.25, 0.3) is 0 Å². The Morgan fingerprint density at radius 2 is 1.95 bits per heavy atom. The van der Waals surface area contributed by atoms with Crippen molar-refractivity contribution >= 4 is 12.0 Å². The maximum atomic E-state index is 12.4. The predicted octanol–water partition coefficient (Wildman–Crippen LogP) is 1.79. The minimum Gasteiger partial charge on any atom is -0.480 e. The van der Waals surface area contributed by atoms with E-state index < -0.39 is 5.97 Å². The Kier molecular flexibility index (Phi) is 6.78. The highest BCUT2D eigenvalue weighted by Crippen LogP contribution is 2.17. The summed E-state index contributed by atoms with van der Waals surface area (Å²) in [6, 6.07) is -0.236. The summed E-state index contributed by atoms with van der Waals surface area (Å²) < 4.78 is 5.56. The number of rotatable bonds is 6. The summed E-state index contributed by atoms with van der Waals surface area (Å²) in [7, 11) is 0. The molecule has 0 radical (unpaired) electrons. The number of carbonyl (C=O) groups is 2. The molecule has 1 unspecified atom stereocenters. The molecule has 1 aliphatic heterocycles. The number of carboxylic acid groups (broad SMARTS) is 1. The van der Waals surface area contributed by atoms with Crippen molar-refractivity contribution in [2.24, 2.45) is 0 Å². The van der Waals surface area contributed by atoms with Gasteiger partial charge in [-0.1, -0.05) is 6.92 Å². The van der Waals surface area contributed by atoms with E-state index in [4.69, 9.17) is 9.84 Å². The standard InChI is InChI=1S/C14H26N2O4/c1-4-11(3)16(10-13(17)18)14(19)15-8-6-12(7-9-15)20-5-2/h11-12H,4-10H2,1-3H3,(H,17,18). The summed E-state index contributed by atoms with van der Waals surface area (Å²) in [4.78, 5) is 26.6. The van der Waals surface area contributed by atoms with Crippen molar-refractivity contribution in [1.29, 1.82) is 0 Å². The first-order valence-electron chi connectivity index (χ1n) is 7.38. The maximum absolute atomic E-state index is 12.4. The van der Waals surface area contributed by atoms with Crippen LogP contribution in [0.15, 0.2) is 0 Å². The zero-order valence-electron chi connectivity index (χ0n) is 12.7. The van der Waals surface area contributed by atoms with Gasteiger partial charge >= 0.3 is 12.0 Å². The van der Waals surface area contributed by atoms with Gasteiger partial charge in [0.05, 0.1) is 6.10 Å². The van der Waals surface area contributed by atoms with Crippen LogP contribution in [0.1, 0.15) is 40.0 Å². The van der Waals surface area contributed by atoms with Gasteiger partial charge in [0.15, 0.2) is 0 Å². The highest BCUT2D eigenvalue weighted by molar-refractivity contribution is 5.80. The summed E-state index contributed by atoms with van der Waals surface area (Å²) in [6.07, 6.45) is 2.61. The Labute approximate surface area is 120 Å². The van der Waals surface area contributed by atoms with Crippen LogP contribution in [-0.2, 0) is 9.53 Å². The van der Waals surface area contributed by atoms with Crippen molar-refractivity contribution in [3.63, 3.8) is 0 Å². The number of piperidine rings is 1. The van der Waals surface area contributed by atoms with E-state index in [2.05, 4.69) is 0 Å². The molecule has 1 aliphatic rings. The molecule has 0 spiro atoms. The molecule has 0 aromatic carbocycles. The Morgan fingerprint density at radius 3 is 2.40 bits per heavy atom. The lowest BCUT2D eigenvalue weighted by molar-refractivity contribution is -0.138. The fraction of sp³-hybridized carbons (Fsp3) is 0.857. The first-order valence-corrected chi connectivity index (χ1v) is 7.38. The van der Waals surface area contributed by atoms with Crippen molar-refractivity contribution in [2.45, 2.75) is 52.2 Å². The van der Waals surface area contributed by atoms with Gasteiger partial charge in [-0.3, -0.25) is 4.79 Å². The molecule has 20 heavy (non-hydrogen) atoms. The second-order valence-electron chi connectivity index (χ2n) is 5.20. The number of hydrogen-bond donors (Lipinski definition) is 1. The molecule has 0 aromatic heterocycles. The molecule has 6 nitrogen and oxygen atoms in total. The first kappa shape index (κ1) is 16.8. The van der Waals surface area contributed by atoms with Crippen molar-refractivity contribution < 1.29 is 19.4 Å². The second kappa shape index (κ2) is 8.09. The molecule has 2 amide bonds. The van der Waals surface area contributed by atoms with Gasteiger partial charge < -0.3 is 19.6 Å². The lowest BCUT2D eigenvalue weighted by Gasteiger charge is -2.37. The molecule has 0 aliphatic carbocycles.